The molecule has 3 aromatic rings. The van der Waals surface area contributed by atoms with E-state index in [1.165, 1.54) is 10.9 Å². The molecule has 0 bridgehead atoms. The smallest absolute Gasteiger partial charge is 0.127 e. The maximum Gasteiger partial charge on any atom is 0.127 e. The second-order valence-electron chi connectivity index (χ2n) is 9.44. The molecule has 0 spiro atoms. The fraction of sp³-hybridized carbons (Fsp3) is 0.320. The lowest BCUT2D eigenvalue weighted by atomic mass is 9.80. The summed E-state index contributed by atoms with van der Waals surface area (Å²) in [5, 5.41) is 17.8. The molecule has 0 fully saturated rings. The van der Waals surface area contributed by atoms with Crippen LogP contribution >= 0.6 is 8.58 Å². The van der Waals surface area contributed by atoms with E-state index in [9.17, 15) is 5.11 Å². The minimum atomic E-state index is -0.125. The molecular weight excluding hydrogens is 375 g/mol. The molecular formula is C25H31N2OP. The van der Waals surface area contributed by atoms with Gasteiger partial charge >= 0.3 is 0 Å². The van der Waals surface area contributed by atoms with E-state index in [0.717, 1.165) is 16.4 Å². The maximum atomic E-state index is 11.1. The van der Waals surface area contributed by atoms with E-state index in [4.69, 9.17) is 0 Å². The number of hydrogen-bond donors (Lipinski definition) is 1. The first-order valence-electron chi connectivity index (χ1n) is 9.97. The van der Waals surface area contributed by atoms with Crippen molar-refractivity contribution >= 4 is 25.4 Å². The summed E-state index contributed by atoms with van der Waals surface area (Å²) < 4.78 is 1.79. The van der Waals surface area contributed by atoms with Gasteiger partial charge in [0.2, 0.25) is 0 Å². The molecule has 1 heterocycles. The lowest BCUT2D eigenvalue weighted by Gasteiger charge is -2.27. The van der Waals surface area contributed by atoms with Crippen LogP contribution in [0.25, 0.3) is 0 Å². The maximum absolute atomic E-state index is 11.1. The van der Waals surface area contributed by atoms with Crippen molar-refractivity contribution in [2.75, 3.05) is 0 Å². The van der Waals surface area contributed by atoms with Crippen molar-refractivity contribution in [1.29, 1.82) is 0 Å². The topological polar surface area (TPSA) is 37.5 Å². The van der Waals surface area contributed by atoms with Gasteiger partial charge in [0.25, 0.3) is 0 Å². The van der Waals surface area contributed by atoms with Crippen LogP contribution in [0, 0.1) is 0 Å². The summed E-state index contributed by atoms with van der Waals surface area (Å²) in [6.45, 7) is 13.1. The molecule has 1 atom stereocenters. The van der Waals surface area contributed by atoms with E-state index in [1.807, 2.05) is 42.9 Å². The summed E-state index contributed by atoms with van der Waals surface area (Å²) in [6.07, 6.45) is 5.71. The standard InChI is InChI=1S/C25H31N2OP/c1-24(2,3)19-15-20(25(4,5)6)23(28)22(16-19)29-21-12-8-7-11-18(21)17-26-27-13-9-10-14-27/h7-17,28-29H,1-6H3. The minimum absolute atomic E-state index is 0.0162. The number of nitrogens with zero attached hydrogens (tertiary/aromatic N) is 2. The highest BCUT2D eigenvalue weighted by Gasteiger charge is 2.25. The van der Waals surface area contributed by atoms with Crippen molar-refractivity contribution in [3.05, 3.63) is 77.6 Å². The predicted octanol–water partition coefficient (Wildman–Crippen LogP) is 5.30. The summed E-state index contributed by atoms with van der Waals surface area (Å²) in [5.41, 5.74) is 3.21. The lowest BCUT2D eigenvalue weighted by molar-refractivity contribution is 0.449. The number of phenolic OH excluding ortho intramolecular Hbond substituents is 1. The van der Waals surface area contributed by atoms with Crippen LogP contribution in [0.1, 0.15) is 58.2 Å². The van der Waals surface area contributed by atoms with E-state index < -0.39 is 0 Å². The first-order valence-corrected chi connectivity index (χ1v) is 11.0. The Hall–Kier alpha value is -2.38. The first kappa shape index (κ1) is 21.3. The van der Waals surface area contributed by atoms with Gasteiger partial charge in [0, 0.05) is 28.8 Å². The molecule has 0 aliphatic rings. The second-order valence-corrected chi connectivity index (χ2v) is 10.8. The van der Waals surface area contributed by atoms with Crippen LogP contribution in [0.2, 0.25) is 0 Å². The molecule has 0 saturated carbocycles. The molecule has 0 aliphatic heterocycles. The Bertz CT molecular complexity index is 1010. The zero-order valence-corrected chi connectivity index (χ0v) is 19.2. The van der Waals surface area contributed by atoms with Gasteiger partial charge in [0.15, 0.2) is 0 Å². The summed E-state index contributed by atoms with van der Waals surface area (Å²) in [5.74, 6) is 0.418. The third-order valence-corrected chi connectivity index (χ3v) is 6.31. The zero-order valence-electron chi connectivity index (χ0n) is 18.2. The first-order chi connectivity index (χ1) is 13.6. The average Bonchev–Trinajstić information content (AvgIpc) is 3.14. The van der Waals surface area contributed by atoms with E-state index in [1.54, 1.807) is 4.68 Å². The highest BCUT2D eigenvalue weighted by atomic mass is 31.1. The van der Waals surface area contributed by atoms with Crippen LogP contribution in [-0.2, 0) is 10.8 Å². The predicted molar refractivity (Wildman–Crippen MR) is 127 cm³/mol. The van der Waals surface area contributed by atoms with Gasteiger partial charge in [-0.15, -0.1) is 0 Å². The van der Waals surface area contributed by atoms with Crippen LogP contribution in [0.15, 0.2) is 66.0 Å². The van der Waals surface area contributed by atoms with Gasteiger partial charge in [0.05, 0.1) is 6.21 Å². The molecule has 29 heavy (non-hydrogen) atoms. The number of rotatable bonds is 4. The number of aromatic nitrogens is 1. The van der Waals surface area contributed by atoms with Crippen molar-refractivity contribution in [2.24, 2.45) is 5.10 Å². The Kier molecular flexibility index (Phi) is 6.00. The quantitative estimate of drug-likeness (QED) is 0.463. The monoisotopic (exact) mass is 406 g/mol. The van der Waals surface area contributed by atoms with E-state index in [2.05, 4.69) is 70.9 Å². The Morgan fingerprint density at radius 2 is 1.52 bits per heavy atom. The van der Waals surface area contributed by atoms with E-state index in [-0.39, 0.29) is 10.8 Å². The van der Waals surface area contributed by atoms with Gasteiger partial charge < -0.3 is 5.11 Å². The van der Waals surface area contributed by atoms with E-state index >= 15 is 0 Å². The average molecular weight is 407 g/mol. The largest absolute Gasteiger partial charge is 0.507 e. The van der Waals surface area contributed by atoms with Crippen LogP contribution < -0.4 is 10.6 Å². The molecule has 0 aliphatic carbocycles. The molecule has 4 heteroatoms. The Labute approximate surface area is 176 Å². The SMILES string of the molecule is CC(C)(C)c1cc(Pc2ccccc2C=Nn2cccc2)c(O)c(C(C)(C)C)c1. The Morgan fingerprint density at radius 3 is 2.14 bits per heavy atom. The van der Waals surface area contributed by atoms with Crippen molar-refractivity contribution < 1.29 is 5.11 Å². The van der Waals surface area contributed by atoms with Gasteiger partial charge in [-0.25, -0.2) is 4.68 Å². The summed E-state index contributed by atoms with van der Waals surface area (Å²) in [6, 6.07) is 16.5. The molecule has 1 unspecified atom stereocenters. The highest BCUT2D eigenvalue weighted by Crippen LogP contribution is 2.36. The number of hydrogen-bond acceptors (Lipinski definition) is 2. The van der Waals surface area contributed by atoms with Gasteiger partial charge in [-0.05, 0) is 39.9 Å². The Morgan fingerprint density at radius 1 is 0.862 bits per heavy atom. The molecule has 3 rings (SSSR count). The molecule has 0 saturated heterocycles. The van der Waals surface area contributed by atoms with E-state index in [0.29, 0.717) is 14.3 Å². The third kappa shape index (κ3) is 5.16. The van der Waals surface area contributed by atoms with Crippen molar-refractivity contribution in [3.8, 4) is 5.75 Å². The molecule has 3 nitrogen and oxygen atoms in total. The van der Waals surface area contributed by atoms with Crippen molar-refractivity contribution in [1.82, 2.24) is 4.68 Å². The fourth-order valence-electron chi connectivity index (χ4n) is 3.13. The molecule has 2 aromatic carbocycles. The van der Waals surface area contributed by atoms with Gasteiger partial charge in [-0.3, -0.25) is 0 Å². The molecule has 1 aromatic heterocycles. The minimum Gasteiger partial charge on any atom is -0.507 e. The molecule has 1 N–H and O–H groups in total. The molecule has 0 radical (unpaired) electrons. The summed E-state index contributed by atoms with van der Waals surface area (Å²) in [4.78, 5) is 0. The third-order valence-electron chi connectivity index (χ3n) is 4.93. The molecule has 0 amide bonds. The van der Waals surface area contributed by atoms with Crippen LogP contribution in [0.4, 0.5) is 0 Å². The fourth-order valence-corrected chi connectivity index (χ4v) is 4.38. The van der Waals surface area contributed by atoms with Gasteiger partial charge in [-0.2, -0.15) is 5.10 Å². The second kappa shape index (κ2) is 8.16. The van der Waals surface area contributed by atoms with Crippen molar-refractivity contribution in [3.63, 3.8) is 0 Å². The van der Waals surface area contributed by atoms with Gasteiger partial charge in [-0.1, -0.05) is 80.5 Å². The van der Waals surface area contributed by atoms with Crippen LogP contribution in [0.5, 0.6) is 5.75 Å². The number of benzene rings is 2. The summed E-state index contributed by atoms with van der Waals surface area (Å²) >= 11 is 0. The number of phenols is 1. The lowest BCUT2D eigenvalue weighted by Crippen LogP contribution is -2.21. The highest BCUT2D eigenvalue weighted by molar-refractivity contribution is 7.56. The molecule has 152 valence electrons. The summed E-state index contributed by atoms with van der Waals surface area (Å²) in [7, 11) is 0.350. The number of aromatic hydroxyl groups is 1. The van der Waals surface area contributed by atoms with Crippen LogP contribution in [0.3, 0.4) is 0 Å². The van der Waals surface area contributed by atoms with Crippen molar-refractivity contribution in [2.45, 2.75) is 52.4 Å². The Balaban J connectivity index is 2.04. The van der Waals surface area contributed by atoms with Crippen LogP contribution in [-0.4, -0.2) is 16.0 Å². The zero-order chi connectivity index (χ0) is 21.2. The van der Waals surface area contributed by atoms with Gasteiger partial charge in [0.1, 0.15) is 5.75 Å². The normalized spacial score (nSPS) is 13.0.